The van der Waals surface area contributed by atoms with Crippen molar-refractivity contribution in [3.63, 3.8) is 0 Å². The Kier molecular flexibility index (Phi) is 3.63. The molecule has 4 N–H and O–H groups in total. The zero-order valence-corrected chi connectivity index (χ0v) is 13.1. The van der Waals surface area contributed by atoms with Gasteiger partial charge in [0.05, 0.1) is 5.54 Å². The van der Waals surface area contributed by atoms with Gasteiger partial charge in [0, 0.05) is 5.69 Å². The first-order chi connectivity index (χ1) is 10.5. The average molecular weight is 290 g/mol. The molecule has 22 heavy (non-hydrogen) atoms. The van der Waals surface area contributed by atoms with Crippen molar-refractivity contribution in [2.75, 3.05) is 5.73 Å². The largest absolute Gasteiger partial charge is 0.399 e. The first kappa shape index (κ1) is 14.6. The van der Waals surface area contributed by atoms with Crippen molar-refractivity contribution in [1.82, 2.24) is 0 Å². The van der Waals surface area contributed by atoms with Gasteiger partial charge in [-0.3, -0.25) is 0 Å². The van der Waals surface area contributed by atoms with E-state index in [1.54, 1.807) is 0 Å². The Hall–Kier alpha value is -2.32. The predicted octanol–water partition coefficient (Wildman–Crippen LogP) is 4.08. The maximum atomic E-state index is 6.63. The molecule has 0 heterocycles. The number of hydrogen-bond donors (Lipinski definition) is 2. The van der Waals surface area contributed by atoms with Crippen LogP contribution < -0.4 is 11.5 Å². The topological polar surface area (TPSA) is 52.0 Å². The van der Waals surface area contributed by atoms with Crippen molar-refractivity contribution in [2.24, 2.45) is 5.73 Å². The molecule has 2 aromatic rings. The van der Waals surface area contributed by atoms with E-state index in [1.165, 1.54) is 27.8 Å². The van der Waals surface area contributed by atoms with E-state index >= 15 is 0 Å². The van der Waals surface area contributed by atoms with Crippen LogP contribution in [0, 0.1) is 13.8 Å². The molecule has 0 aromatic heterocycles. The van der Waals surface area contributed by atoms with Gasteiger partial charge in [-0.25, -0.2) is 0 Å². The summed E-state index contributed by atoms with van der Waals surface area (Å²) in [6, 6.07) is 14.5. The Balaban J connectivity index is 1.89. The lowest BCUT2D eigenvalue weighted by Crippen LogP contribution is -2.35. The third-order valence-electron chi connectivity index (χ3n) is 4.22. The van der Waals surface area contributed by atoms with Gasteiger partial charge in [-0.2, -0.15) is 0 Å². The first-order valence-corrected chi connectivity index (χ1v) is 7.59. The maximum Gasteiger partial charge on any atom is 0.0634 e. The van der Waals surface area contributed by atoms with Crippen LogP contribution >= 0.6 is 0 Å². The molecule has 2 aromatic carbocycles. The number of aryl methyl sites for hydroxylation is 2. The molecule has 0 fully saturated rings. The summed E-state index contributed by atoms with van der Waals surface area (Å²) in [7, 11) is 0. The van der Waals surface area contributed by atoms with Crippen LogP contribution in [0.25, 0.3) is 5.57 Å². The van der Waals surface area contributed by atoms with Crippen LogP contribution in [0.3, 0.4) is 0 Å². The third kappa shape index (κ3) is 2.83. The number of anilines is 1. The van der Waals surface area contributed by atoms with Gasteiger partial charge in [0.15, 0.2) is 0 Å². The summed E-state index contributed by atoms with van der Waals surface area (Å²) < 4.78 is 0. The van der Waals surface area contributed by atoms with Gasteiger partial charge in [0.2, 0.25) is 0 Å². The Labute approximate surface area is 132 Å². The molecule has 0 saturated heterocycles. The van der Waals surface area contributed by atoms with E-state index in [2.05, 4.69) is 50.3 Å². The van der Waals surface area contributed by atoms with Crippen LogP contribution in [0.15, 0.2) is 60.7 Å². The molecule has 0 spiro atoms. The number of rotatable bonds is 2. The zero-order valence-electron chi connectivity index (χ0n) is 13.1. The number of benzene rings is 2. The molecule has 1 unspecified atom stereocenters. The van der Waals surface area contributed by atoms with Gasteiger partial charge >= 0.3 is 0 Å². The van der Waals surface area contributed by atoms with Crippen LogP contribution in [-0.2, 0) is 5.54 Å². The van der Waals surface area contributed by atoms with Crippen molar-refractivity contribution < 1.29 is 0 Å². The van der Waals surface area contributed by atoms with Gasteiger partial charge in [-0.05, 0) is 49.1 Å². The van der Waals surface area contributed by atoms with Crippen molar-refractivity contribution >= 4 is 11.3 Å². The lowest BCUT2D eigenvalue weighted by atomic mass is 9.81. The molecular weight excluding hydrogens is 268 g/mol. The standard InChI is InChI=1S/C20H22N2/c1-14-11-15(2)13-18(12-14)20(22)9-7-17(8-10-20)16-3-5-19(21)6-4-16/h3-9,11-13H,10,21-22H2,1-2H3. The van der Waals surface area contributed by atoms with Gasteiger partial charge in [0.25, 0.3) is 0 Å². The predicted molar refractivity (Wildman–Crippen MR) is 94.4 cm³/mol. The highest BCUT2D eigenvalue weighted by atomic mass is 14.7. The SMILES string of the molecule is Cc1cc(C)cc(C2(N)C=CC(c3ccc(N)cc3)=CC2)c1. The number of allylic oxidation sites excluding steroid dienone is 2. The molecule has 3 rings (SSSR count). The van der Waals surface area contributed by atoms with Gasteiger partial charge in [-0.1, -0.05) is 59.7 Å². The van der Waals surface area contributed by atoms with Crippen LogP contribution in [-0.4, -0.2) is 0 Å². The third-order valence-corrected chi connectivity index (χ3v) is 4.22. The summed E-state index contributed by atoms with van der Waals surface area (Å²) in [4.78, 5) is 0. The smallest absolute Gasteiger partial charge is 0.0634 e. The fraction of sp³-hybridized carbons (Fsp3) is 0.200. The van der Waals surface area contributed by atoms with E-state index in [1.807, 2.05) is 24.3 Å². The summed E-state index contributed by atoms with van der Waals surface area (Å²) in [5, 5.41) is 0. The highest BCUT2D eigenvalue weighted by Gasteiger charge is 2.26. The summed E-state index contributed by atoms with van der Waals surface area (Å²) in [5.74, 6) is 0. The highest BCUT2D eigenvalue weighted by molar-refractivity contribution is 5.76. The van der Waals surface area contributed by atoms with Crippen LogP contribution in [0.5, 0.6) is 0 Å². The Morgan fingerprint density at radius 3 is 2.14 bits per heavy atom. The molecule has 1 atom stereocenters. The molecule has 0 amide bonds. The lowest BCUT2D eigenvalue weighted by molar-refractivity contribution is 0.566. The fourth-order valence-corrected chi connectivity index (χ4v) is 3.00. The number of nitrogen functional groups attached to an aromatic ring is 1. The minimum Gasteiger partial charge on any atom is -0.399 e. The molecule has 0 aliphatic heterocycles. The van der Waals surface area contributed by atoms with Gasteiger partial charge in [-0.15, -0.1) is 0 Å². The van der Waals surface area contributed by atoms with Crippen LogP contribution in [0.2, 0.25) is 0 Å². The van der Waals surface area contributed by atoms with Crippen molar-refractivity contribution in [2.45, 2.75) is 25.8 Å². The number of hydrogen-bond acceptors (Lipinski definition) is 2. The van der Waals surface area contributed by atoms with E-state index in [-0.39, 0.29) is 0 Å². The molecule has 0 radical (unpaired) electrons. The average Bonchev–Trinajstić information content (AvgIpc) is 2.48. The van der Waals surface area contributed by atoms with Crippen molar-refractivity contribution in [3.05, 3.63) is 82.9 Å². The van der Waals surface area contributed by atoms with E-state index in [9.17, 15) is 0 Å². The second-order valence-electron chi connectivity index (χ2n) is 6.24. The second-order valence-corrected chi connectivity index (χ2v) is 6.24. The fourth-order valence-electron chi connectivity index (χ4n) is 3.00. The monoisotopic (exact) mass is 290 g/mol. The second kappa shape index (κ2) is 5.47. The molecule has 2 heteroatoms. The van der Waals surface area contributed by atoms with E-state index in [4.69, 9.17) is 11.5 Å². The van der Waals surface area contributed by atoms with E-state index in [0.717, 1.165) is 12.1 Å². The minimum absolute atomic E-state index is 0.423. The Bertz CT molecular complexity index is 734. The zero-order chi connectivity index (χ0) is 15.7. The van der Waals surface area contributed by atoms with Gasteiger partial charge in [0.1, 0.15) is 0 Å². The molecular formula is C20H22N2. The van der Waals surface area contributed by atoms with Crippen molar-refractivity contribution in [3.8, 4) is 0 Å². The van der Waals surface area contributed by atoms with E-state index < -0.39 is 5.54 Å². The molecule has 0 bridgehead atoms. The van der Waals surface area contributed by atoms with E-state index in [0.29, 0.717) is 0 Å². The summed E-state index contributed by atoms with van der Waals surface area (Å²) in [6.07, 6.45) is 7.24. The maximum absolute atomic E-state index is 6.63. The lowest BCUT2D eigenvalue weighted by Gasteiger charge is -2.29. The molecule has 112 valence electrons. The normalized spacial score (nSPS) is 20.8. The van der Waals surface area contributed by atoms with Gasteiger partial charge < -0.3 is 11.5 Å². The summed E-state index contributed by atoms with van der Waals surface area (Å²) in [5.41, 5.74) is 18.8. The van der Waals surface area contributed by atoms with Crippen LogP contribution in [0.4, 0.5) is 5.69 Å². The molecule has 1 aliphatic carbocycles. The highest BCUT2D eigenvalue weighted by Crippen LogP contribution is 2.33. The van der Waals surface area contributed by atoms with Crippen LogP contribution in [0.1, 0.15) is 28.7 Å². The number of nitrogens with two attached hydrogens (primary N) is 2. The van der Waals surface area contributed by atoms with Crippen molar-refractivity contribution in [1.29, 1.82) is 0 Å². The Morgan fingerprint density at radius 1 is 0.955 bits per heavy atom. The molecule has 0 saturated carbocycles. The quantitative estimate of drug-likeness (QED) is 0.819. The molecule has 2 nitrogen and oxygen atoms in total. The summed E-state index contributed by atoms with van der Waals surface area (Å²) in [6.45, 7) is 4.23. The minimum atomic E-state index is -0.423. The molecule has 1 aliphatic rings. The summed E-state index contributed by atoms with van der Waals surface area (Å²) >= 11 is 0. The first-order valence-electron chi connectivity index (χ1n) is 7.59. The Morgan fingerprint density at radius 2 is 1.59 bits per heavy atom.